The zero-order valence-electron chi connectivity index (χ0n) is 16.4. The summed E-state index contributed by atoms with van der Waals surface area (Å²) in [6, 6.07) is 14.9. The number of rotatable bonds is 5. The first kappa shape index (κ1) is 18.7. The van der Waals surface area contributed by atoms with Gasteiger partial charge in [-0.3, -0.25) is 0 Å². The van der Waals surface area contributed by atoms with Crippen molar-refractivity contribution < 1.29 is 4.43 Å². The molecule has 2 aromatic carbocycles. The summed E-state index contributed by atoms with van der Waals surface area (Å²) in [5, 5.41) is 2.71. The third-order valence-electron chi connectivity index (χ3n) is 5.39. The van der Waals surface area contributed by atoms with E-state index < -0.39 is 8.32 Å². The first-order chi connectivity index (χ1) is 12.3. The van der Waals surface area contributed by atoms with Gasteiger partial charge in [-0.2, -0.15) is 0 Å². The Morgan fingerprint density at radius 2 is 1.58 bits per heavy atom. The lowest BCUT2D eigenvalue weighted by Crippen LogP contribution is -2.41. The number of benzene rings is 2. The van der Waals surface area contributed by atoms with Crippen LogP contribution < -0.4 is 0 Å². The minimum atomic E-state index is -1.67. The van der Waals surface area contributed by atoms with E-state index in [9.17, 15) is 0 Å². The van der Waals surface area contributed by atoms with E-state index in [1.165, 1.54) is 16.3 Å². The van der Waals surface area contributed by atoms with E-state index in [1.807, 2.05) is 6.07 Å². The van der Waals surface area contributed by atoms with Gasteiger partial charge in [0.15, 0.2) is 14.1 Å². The van der Waals surface area contributed by atoms with E-state index in [0.29, 0.717) is 0 Å². The van der Waals surface area contributed by atoms with E-state index in [-0.39, 0.29) is 5.04 Å². The van der Waals surface area contributed by atoms with Crippen LogP contribution in [0.5, 0.6) is 0 Å². The lowest BCUT2D eigenvalue weighted by atomic mass is 10.0. The van der Waals surface area contributed by atoms with E-state index in [2.05, 4.69) is 80.2 Å². The Kier molecular flexibility index (Phi) is 5.26. The van der Waals surface area contributed by atoms with Crippen molar-refractivity contribution in [3.05, 3.63) is 60.4 Å². The fourth-order valence-corrected chi connectivity index (χ4v) is 3.72. The largest absolute Gasteiger partial charge is 0.416 e. The maximum atomic E-state index is 6.31. The van der Waals surface area contributed by atoms with E-state index in [0.717, 1.165) is 24.4 Å². The van der Waals surface area contributed by atoms with Crippen LogP contribution in [0.15, 0.2) is 54.9 Å². The quantitative estimate of drug-likeness (QED) is 0.532. The maximum Gasteiger partial charge on any atom is 0.191 e. The molecule has 4 heteroatoms. The summed E-state index contributed by atoms with van der Waals surface area (Å²) < 4.78 is 6.31. The van der Waals surface area contributed by atoms with Gasteiger partial charge >= 0.3 is 0 Å². The predicted octanol–water partition coefficient (Wildman–Crippen LogP) is 5.86. The van der Waals surface area contributed by atoms with Gasteiger partial charge in [-0.15, -0.1) is 0 Å². The van der Waals surface area contributed by atoms with Crippen molar-refractivity contribution in [2.24, 2.45) is 0 Å². The van der Waals surface area contributed by atoms with Crippen molar-refractivity contribution in [3.63, 3.8) is 0 Å². The molecule has 0 aliphatic carbocycles. The van der Waals surface area contributed by atoms with E-state index >= 15 is 0 Å². The Labute approximate surface area is 157 Å². The van der Waals surface area contributed by atoms with Crippen molar-refractivity contribution in [1.29, 1.82) is 0 Å². The molecule has 0 saturated carbocycles. The van der Waals surface area contributed by atoms with Gasteiger partial charge in [0.2, 0.25) is 0 Å². The van der Waals surface area contributed by atoms with Gasteiger partial charge < -0.3 is 4.43 Å². The second-order valence-corrected chi connectivity index (χ2v) is 13.1. The SMILES string of the molecule is CC(C)(C)[Si](C)(C)OCCc1ccc2cc(-c3ncccn3)ccc2c1. The molecule has 0 bridgehead atoms. The Hall–Kier alpha value is -2.04. The lowest BCUT2D eigenvalue weighted by molar-refractivity contribution is 0.292. The highest BCUT2D eigenvalue weighted by Gasteiger charge is 2.36. The topological polar surface area (TPSA) is 35.0 Å². The number of hydrogen-bond acceptors (Lipinski definition) is 3. The van der Waals surface area contributed by atoms with Crippen LogP contribution in [0.3, 0.4) is 0 Å². The highest BCUT2D eigenvalue weighted by atomic mass is 28.4. The molecule has 0 aliphatic heterocycles. The molecule has 0 unspecified atom stereocenters. The molecule has 3 nitrogen and oxygen atoms in total. The van der Waals surface area contributed by atoms with Crippen molar-refractivity contribution in [3.8, 4) is 11.4 Å². The molecule has 0 N–H and O–H groups in total. The van der Waals surface area contributed by atoms with Gasteiger partial charge in [0, 0.05) is 24.6 Å². The molecular formula is C22H28N2OSi. The fraction of sp³-hybridized carbons (Fsp3) is 0.364. The Morgan fingerprint density at radius 1 is 0.923 bits per heavy atom. The van der Waals surface area contributed by atoms with Crippen molar-refractivity contribution in [1.82, 2.24) is 9.97 Å². The maximum absolute atomic E-state index is 6.31. The molecule has 0 atom stereocenters. The van der Waals surface area contributed by atoms with Gasteiger partial charge in [-0.25, -0.2) is 9.97 Å². The van der Waals surface area contributed by atoms with E-state index in [1.54, 1.807) is 12.4 Å². The molecule has 136 valence electrons. The third kappa shape index (κ3) is 4.19. The standard InChI is InChI=1S/C22H28N2OSi/c1-22(2,3)26(4,5)25-14-11-17-7-8-19-16-20(10-9-18(19)15-17)21-23-12-6-13-24-21/h6-10,12-13,15-16H,11,14H2,1-5H3. The molecule has 0 amide bonds. The molecule has 1 heterocycles. The first-order valence-corrected chi connectivity index (χ1v) is 12.1. The summed E-state index contributed by atoms with van der Waals surface area (Å²) in [6.45, 7) is 12.2. The van der Waals surface area contributed by atoms with Crippen LogP contribution in [0.25, 0.3) is 22.2 Å². The Morgan fingerprint density at radius 3 is 2.27 bits per heavy atom. The summed E-state index contributed by atoms with van der Waals surface area (Å²) in [7, 11) is -1.67. The monoisotopic (exact) mass is 364 g/mol. The molecule has 0 aliphatic rings. The summed E-state index contributed by atoms with van der Waals surface area (Å²) in [5.74, 6) is 0.765. The average Bonchev–Trinajstić information content (AvgIpc) is 2.61. The van der Waals surface area contributed by atoms with Crippen LogP contribution in [-0.4, -0.2) is 24.9 Å². The zero-order valence-corrected chi connectivity index (χ0v) is 17.4. The van der Waals surface area contributed by atoms with Gasteiger partial charge in [0.25, 0.3) is 0 Å². The van der Waals surface area contributed by atoms with Crippen LogP contribution in [0.4, 0.5) is 0 Å². The second kappa shape index (κ2) is 7.29. The summed E-state index contributed by atoms with van der Waals surface area (Å²) in [5.41, 5.74) is 2.37. The molecule has 1 aromatic heterocycles. The van der Waals surface area contributed by atoms with Crippen LogP contribution in [0.1, 0.15) is 26.3 Å². The minimum absolute atomic E-state index is 0.256. The molecule has 0 fully saturated rings. The number of aromatic nitrogens is 2. The fourth-order valence-electron chi connectivity index (χ4n) is 2.68. The van der Waals surface area contributed by atoms with E-state index in [4.69, 9.17) is 4.43 Å². The van der Waals surface area contributed by atoms with Crippen LogP contribution in [-0.2, 0) is 10.8 Å². The lowest BCUT2D eigenvalue weighted by Gasteiger charge is -2.36. The smallest absolute Gasteiger partial charge is 0.191 e. The zero-order chi connectivity index (χ0) is 18.8. The third-order valence-corrected chi connectivity index (χ3v) is 9.93. The van der Waals surface area contributed by atoms with Gasteiger partial charge in [-0.1, -0.05) is 51.1 Å². The number of nitrogens with zero attached hydrogens (tertiary/aromatic N) is 2. The van der Waals surface area contributed by atoms with Crippen LogP contribution in [0, 0.1) is 0 Å². The summed E-state index contributed by atoms with van der Waals surface area (Å²) >= 11 is 0. The van der Waals surface area contributed by atoms with Crippen molar-refractivity contribution in [2.45, 2.75) is 45.3 Å². The first-order valence-electron chi connectivity index (χ1n) is 9.20. The van der Waals surface area contributed by atoms with Gasteiger partial charge in [0.05, 0.1) is 0 Å². The molecule has 0 radical (unpaired) electrons. The van der Waals surface area contributed by atoms with Gasteiger partial charge in [0.1, 0.15) is 0 Å². The Balaban J connectivity index is 1.72. The Bertz CT molecular complexity index is 886. The molecule has 0 spiro atoms. The molecule has 26 heavy (non-hydrogen) atoms. The molecule has 3 rings (SSSR count). The van der Waals surface area contributed by atoms with Crippen LogP contribution >= 0.6 is 0 Å². The van der Waals surface area contributed by atoms with Crippen LogP contribution in [0.2, 0.25) is 18.1 Å². The van der Waals surface area contributed by atoms with Crippen molar-refractivity contribution >= 4 is 19.1 Å². The average molecular weight is 365 g/mol. The normalized spacial score (nSPS) is 12.5. The second-order valence-electron chi connectivity index (χ2n) is 8.33. The number of hydrogen-bond donors (Lipinski definition) is 0. The summed E-state index contributed by atoms with van der Waals surface area (Å²) in [4.78, 5) is 8.67. The van der Waals surface area contributed by atoms with Crippen molar-refractivity contribution in [2.75, 3.05) is 6.61 Å². The highest BCUT2D eigenvalue weighted by Crippen LogP contribution is 2.36. The summed E-state index contributed by atoms with van der Waals surface area (Å²) in [6.07, 6.45) is 4.50. The minimum Gasteiger partial charge on any atom is -0.416 e. The number of fused-ring (bicyclic) bond motifs is 1. The molecule has 0 saturated heterocycles. The van der Waals surface area contributed by atoms with Gasteiger partial charge in [-0.05, 0) is 53.0 Å². The molecule has 3 aromatic rings. The highest BCUT2D eigenvalue weighted by molar-refractivity contribution is 6.74. The predicted molar refractivity (Wildman–Crippen MR) is 112 cm³/mol. The molecular weight excluding hydrogens is 336 g/mol.